The van der Waals surface area contributed by atoms with Gasteiger partial charge in [0.25, 0.3) is 5.56 Å². The largest absolute Gasteiger partial charge is 0.496 e. The fourth-order valence-electron chi connectivity index (χ4n) is 3.65. The summed E-state index contributed by atoms with van der Waals surface area (Å²) >= 11 is 3.36. The zero-order chi connectivity index (χ0) is 26.6. The first-order valence-electron chi connectivity index (χ1n) is 10.7. The summed E-state index contributed by atoms with van der Waals surface area (Å²) in [6, 6.07) is 5.04. The van der Waals surface area contributed by atoms with Gasteiger partial charge >= 0.3 is 23.6 Å². The molecule has 1 fully saturated rings. The summed E-state index contributed by atoms with van der Waals surface area (Å²) in [5.41, 5.74) is -0.946. The lowest BCUT2D eigenvalue weighted by Crippen LogP contribution is -2.46. The zero-order valence-corrected chi connectivity index (χ0v) is 21.4. The number of carbonyl (C=O) groups excluding carboxylic acids is 3. The van der Waals surface area contributed by atoms with Crippen molar-refractivity contribution in [3.05, 3.63) is 55.3 Å². The van der Waals surface area contributed by atoms with Crippen LogP contribution in [0, 0.1) is 0 Å². The van der Waals surface area contributed by atoms with Crippen molar-refractivity contribution >= 4 is 33.8 Å². The quantitative estimate of drug-likeness (QED) is 0.323. The molecule has 4 atom stereocenters. The maximum Gasteiger partial charge on any atom is 0.350 e. The van der Waals surface area contributed by atoms with Crippen LogP contribution in [0.1, 0.15) is 32.6 Å². The number of rotatable bonds is 8. The standard InChI is InChI=1S/C22H24BrN3O10/c1-11(27)33-10-17-19(34-12(2)28)20(35-13(3)29)21(36-17)26-22(31)25(18(30)8-24-26)9-14-5-6-16(32-4)15(23)7-14/h5-8,17,19-21H,9-10H2,1-4H3. The molecule has 1 aliphatic heterocycles. The SMILES string of the molecule is COc1ccc(Cn2c(=O)cnn(C3OC(COC(C)=O)C(OC(C)=O)C3OC(C)=O)c2=O)cc1Br. The van der Waals surface area contributed by atoms with E-state index in [4.69, 9.17) is 23.7 Å². The van der Waals surface area contributed by atoms with Gasteiger partial charge in [0.2, 0.25) is 0 Å². The molecule has 2 heterocycles. The number of nitrogens with zero attached hydrogens (tertiary/aromatic N) is 3. The fraction of sp³-hybridized carbons (Fsp3) is 0.455. The Hall–Kier alpha value is -3.52. The second-order valence-electron chi connectivity index (χ2n) is 7.78. The van der Waals surface area contributed by atoms with Gasteiger partial charge in [-0.25, -0.2) is 4.79 Å². The van der Waals surface area contributed by atoms with Gasteiger partial charge in [-0.05, 0) is 33.6 Å². The molecule has 0 amide bonds. The number of esters is 3. The van der Waals surface area contributed by atoms with E-state index in [1.165, 1.54) is 14.0 Å². The average molecular weight is 570 g/mol. The highest BCUT2D eigenvalue weighted by Gasteiger charge is 2.51. The molecule has 13 nitrogen and oxygen atoms in total. The minimum Gasteiger partial charge on any atom is -0.496 e. The summed E-state index contributed by atoms with van der Waals surface area (Å²) in [6.45, 7) is 2.97. The van der Waals surface area contributed by atoms with Crippen LogP contribution in [-0.2, 0) is 39.9 Å². The molecule has 1 saturated heterocycles. The second kappa shape index (κ2) is 11.5. The van der Waals surface area contributed by atoms with E-state index in [2.05, 4.69) is 21.0 Å². The van der Waals surface area contributed by atoms with Gasteiger partial charge in [-0.3, -0.25) is 23.7 Å². The van der Waals surface area contributed by atoms with E-state index >= 15 is 0 Å². The topological polar surface area (TPSA) is 154 Å². The van der Waals surface area contributed by atoms with E-state index in [-0.39, 0.29) is 13.2 Å². The summed E-state index contributed by atoms with van der Waals surface area (Å²) in [4.78, 5) is 60.8. The van der Waals surface area contributed by atoms with Crippen LogP contribution in [0.5, 0.6) is 5.75 Å². The van der Waals surface area contributed by atoms with Crippen molar-refractivity contribution in [3.63, 3.8) is 0 Å². The number of hydrogen-bond acceptors (Lipinski definition) is 11. The second-order valence-corrected chi connectivity index (χ2v) is 8.64. The normalized spacial score (nSPS) is 21.0. The van der Waals surface area contributed by atoms with E-state index in [9.17, 15) is 24.0 Å². The Balaban J connectivity index is 2.02. The van der Waals surface area contributed by atoms with Gasteiger partial charge in [0.15, 0.2) is 18.4 Å². The summed E-state index contributed by atoms with van der Waals surface area (Å²) in [5.74, 6) is -1.52. The number of aromatic nitrogens is 3. The van der Waals surface area contributed by atoms with Gasteiger partial charge in [-0.15, -0.1) is 0 Å². The van der Waals surface area contributed by atoms with Gasteiger partial charge in [0.05, 0.1) is 18.1 Å². The van der Waals surface area contributed by atoms with Crippen LogP contribution in [0.4, 0.5) is 0 Å². The molecule has 1 aliphatic rings. The number of hydrogen-bond donors (Lipinski definition) is 0. The molecule has 1 aromatic carbocycles. The molecule has 36 heavy (non-hydrogen) atoms. The van der Waals surface area contributed by atoms with Crippen LogP contribution in [0.3, 0.4) is 0 Å². The Morgan fingerprint density at radius 3 is 2.31 bits per heavy atom. The summed E-state index contributed by atoms with van der Waals surface area (Å²) < 4.78 is 29.0. The molecule has 4 unspecified atom stereocenters. The van der Waals surface area contributed by atoms with Crippen LogP contribution in [0.2, 0.25) is 0 Å². The molecule has 14 heteroatoms. The number of halogens is 1. The lowest BCUT2D eigenvalue weighted by atomic mass is 10.1. The van der Waals surface area contributed by atoms with Crippen molar-refractivity contribution in [2.24, 2.45) is 0 Å². The predicted molar refractivity (Wildman–Crippen MR) is 124 cm³/mol. The Labute approximate surface area is 213 Å². The van der Waals surface area contributed by atoms with Crippen molar-refractivity contribution in [1.29, 1.82) is 0 Å². The predicted octanol–water partition coefficient (Wildman–Crippen LogP) is 0.548. The summed E-state index contributed by atoms with van der Waals surface area (Å²) in [5, 5.41) is 3.88. The Morgan fingerprint density at radius 2 is 1.72 bits per heavy atom. The van der Waals surface area contributed by atoms with Crippen LogP contribution < -0.4 is 16.0 Å². The molecular formula is C22H24BrN3O10. The third-order valence-electron chi connectivity index (χ3n) is 5.12. The van der Waals surface area contributed by atoms with Crippen LogP contribution >= 0.6 is 15.9 Å². The average Bonchev–Trinajstić information content (AvgIpc) is 3.11. The van der Waals surface area contributed by atoms with Crippen molar-refractivity contribution in [2.75, 3.05) is 13.7 Å². The highest BCUT2D eigenvalue weighted by atomic mass is 79.9. The molecular weight excluding hydrogens is 546 g/mol. The Kier molecular flexibility index (Phi) is 8.63. The molecule has 0 saturated carbocycles. The maximum atomic E-state index is 13.3. The van der Waals surface area contributed by atoms with E-state index < -0.39 is 53.7 Å². The maximum absolute atomic E-state index is 13.3. The van der Waals surface area contributed by atoms with Crippen molar-refractivity contribution in [2.45, 2.75) is 51.9 Å². The third-order valence-corrected chi connectivity index (χ3v) is 5.74. The first-order valence-corrected chi connectivity index (χ1v) is 11.5. The van der Waals surface area contributed by atoms with E-state index in [0.717, 1.165) is 29.3 Å². The van der Waals surface area contributed by atoms with E-state index in [1.807, 2.05) is 0 Å². The summed E-state index contributed by atoms with van der Waals surface area (Å²) in [6.07, 6.45) is -4.10. The van der Waals surface area contributed by atoms with E-state index in [0.29, 0.717) is 15.8 Å². The lowest BCUT2D eigenvalue weighted by molar-refractivity contribution is -0.166. The number of methoxy groups -OCH3 is 1. The minimum atomic E-state index is -1.39. The number of ether oxygens (including phenoxy) is 5. The van der Waals surface area contributed by atoms with Crippen molar-refractivity contribution in [1.82, 2.24) is 14.3 Å². The molecule has 3 rings (SSSR count). The van der Waals surface area contributed by atoms with Crippen molar-refractivity contribution in [3.8, 4) is 5.75 Å². The third kappa shape index (κ3) is 6.18. The monoisotopic (exact) mass is 569 g/mol. The molecule has 0 radical (unpaired) electrons. The highest BCUT2D eigenvalue weighted by Crippen LogP contribution is 2.33. The fourth-order valence-corrected chi connectivity index (χ4v) is 4.24. The van der Waals surface area contributed by atoms with Gasteiger partial charge < -0.3 is 23.7 Å². The van der Waals surface area contributed by atoms with Crippen LogP contribution in [0.15, 0.2) is 38.5 Å². The molecule has 0 aliphatic carbocycles. The highest BCUT2D eigenvalue weighted by molar-refractivity contribution is 9.10. The molecule has 2 aromatic rings. The Bertz CT molecular complexity index is 1270. The van der Waals surface area contributed by atoms with Crippen LogP contribution in [0.25, 0.3) is 0 Å². The zero-order valence-electron chi connectivity index (χ0n) is 19.8. The molecule has 1 aromatic heterocycles. The molecule has 0 N–H and O–H groups in total. The number of benzene rings is 1. The smallest absolute Gasteiger partial charge is 0.350 e. The van der Waals surface area contributed by atoms with Gasteiger partial charge in [-0.2, -0.15) is 9.78 Å². The first kappa shape index (κ1) is 27.1. The van der Waals surface area contributed by atoms with Crippen LogP contribution in [-0.4, -0.2) is 64.3 Å². The molecule has 194 valence electrons. The van der Waals surface area contributed by atoms with Gasteiger partial charge in [-0.1, -0.05) is 6.07 Å². The van der Waals surface area contributed by atoms with E-state index in [1.54, 1.807) is 18.2 Å². The lowest BCUT2D eigenvalue weighted by Gasteiger charge is -2.23. The minimum absolute atomic E-state index is 0.113. The van der Waals surface area contributed by atoms with Gasteiger partial charge in [0, 0.05) is 20.8 Å². The number of carbonyl (C=O) groups is 3. The first-order chi connectivity index (χ1) is 17.0. The van der Waals surface area contributed by atoms with Crippen molar-refractivity contribution < 1.29 is 38.1 Å². The summed E-state index contributed by atoms with van der Waals surface area (Å²) in [7, 11) is 1.50. The van der Waals surface area contributed by atoms with Gasteiger partial charge in [0.1, 0.15) is 24.7 Å². The molecule has 0 bridgehead atoms. The Morgan fingerprint density at radius 1 is 1.06 bits per heavy atom. The molecule has 0 spiro atoms.